The summed E-state index contributed by atoms with van der Waals surface area (Å²) in [7, 11) is 0. The van der Waals surface area contributed by atoms with Crippen LogP contribution in [0.25, 0.3) is 5.65 Å². The van der Waals surface area contributed by atoms with Gasteiger partial charge in [0.25, 0.3) is 11.5 Å². The van der Waals surface area contributed by atoms with E-state index in [2.05, 4.69) is 31.7 Å². The van der Waals surface area contributed by atoms with Gasteiger partial charge in [-0.1, -0.05) is 13.8 Å². The molecule has 3 rings (SSSR count). The van der Waals surface area contributed by atoms with E-state index < -0.39 is 29.0 Å². The van der Waals surface area contributed by atoms with Crippen LogP contribution in [0.15, 0.2) is 9.27 Å². The van der Waals surface area contributed by atoms with Gasteiger partial charge in [-0.15, -0.1) is 5.10 Å². The van der Waals surface area contributed by atoms with Gasteiger partial charge in [0.15, 0.2) is 17.0 Å². The minimum absolute atomic E-state index is 0.0132. The first-order valence-electron chi connectivity index (χ1n) is 9.74. The van der Waals surface area contributed by atoms with E-state index in [9.17, 15) is 19.5 Å². The summed E-state index contributed by atoms with van der Waals surface area (Å²) in [6, 6.07) is 0.0132. The number of carbonyl (C=O) groups excluding carboxylic acids is 2. The highest BCUT2D eigenvalue weighted by molar-refractivity contribution is 9.10. The van der Waals surface area contributed by atoms with Gasteiger partial charge < -0.3 is 15.2 Å². The minimum atomic E-state index is -0.779. The maximum absolute atomic E-state index is 13.0. The molecule has 2 aromatic rings. The Kier molecular flexibility index (Phi) is 5.85. The summed E-state index contributed by atoms with van der Waals surface area (Å²) < 4.78 is 7.96. The molecule has 0 bridgehead atoms. The van der Waals surface area contributed by atoms with E-state index in [1.54, 1.807) is 20.8 Å². The molecule has 1 aliphatic rings. The molecule has 2 heterocycles. The molecule has 0 atom stereocenters. The predicted octanol–water partition coefficient (Wildman–Crippen LogP) is 2.86. The van der Waals surface area contributed by atoms with Crippen LogP contribution in [-0.4, -0.2) is 42.9 Å². The Balaban J connectivity index is 2.14. The fraction of sp³-hybridized carbons (Fsp3) is 0.579. The Labute approximate surface area is 181 Å². The van der Waals surface area contributed by atoms with Gasteiger partial charge in [-0.3, -0.25) is 19.5 Å². The van der Waals surface area contributed by atoms with Crippen LogP contribution >= 0.6 is 15.9 Å². The zero-order valence-corrected chi connectivity index (χ0v) is 19.2. The van der Waals surface area contributed by atoms with Crippen molar-refractivity contribution in [3.8, 4) is 5.88 Å². The molecular formula is C19H26BrN5O5. The number of halogens is 1. The van der Waals surface area contributed by atoms with Gasteiger partial charge in [0.05, 0.1) is 0 Å². The van der Waals surface area contributed by atoms with Gasteiger partial charge in [-0.25, -0.2) is 4.79 Å². The number of ether oxygens (including phenoxy) is 1. The van der Waals surface area contributed by atoms with E-state index in [1.807, 2.05) is 13.8 Å². The van der Waals surface area contributed by atoms with E-state index in [-0.39, 0.29) is 33.5 Å². The molecular weight excluding hydrogens is 458 g/mol. The summed E-state index contributed by atoms with van der Waals surface area (Å²) in [5.74, 6) is -0.958. The average molecular weight is 484 g/mol. The van der Waals surface area contributed by atoms with Crippen LogP contribution in [0.3, 0.4) is 0 Å². The normalized spacial score (nSPS) is 14.2. The number of aromatic hydroxyl groups is 1. The SMILES string of the molecule is CC(C)Cn1c(O)c(C(=O)NC2CC2)c(=O)n2nc(NC(=O)OC(C)(C)C)c(Br)c12. The fourth-order valence-electron chi connectivity index (χ4n) is 2.90. The number of hydrogen-bond acceptors (Lipinski definition) is 6. The van der Waals surface area contributed by atoms with Crippen molar-refractivity contribution in [1.82, 2.24) is 19.5 Å². The summed E-state index contributed by atoms with van der Waals surface area (Å²) >= 11 is 3.36. The third-order valence-electron chi connectivity index (χ3n) is 4.25. The lowest BCUT2D eigenvalue weighted by Crippen LogP contribution is -2.34. The number of hydrogen-bond donors (Lipinski definition) is 3. The summed E-state index contributed by atoms with van der Waals surface area (Å²) in [6.07, 6.45) is 0.934. The Morgan fingerprint density at radius 1 is 1.33 bits per heavy atom. The predicted molar refractivity (Wildman–Crippen MR) is 114 cm³/mol. The first kappa shape index (κ1) is 22.1. The zero-order chi connectivity index (χ0) is 22.4. The highest BCUT2D eigenvalue weighted by atomic mass is 79.9. The van der Waals surface area contributed by atoms with Crippen LogP contribution in [0.2, 0.25) is 0 Å². The lowest BCUT2D eigenvalue weighted by molar-refractivity contribution is 0.0635. The Morgan fingerprint density at radius 2 is 1.97 bits per heavy atom. The Hall–Kier alpha value is -2.56. The third-order valence-corrected chi connectivity index (χ3v) is 4.98. The van der Waals surface area contributed by atoms with Crippen LogP contribution in [-0.2, 0) is 11.3 Å². The second-order valence-electron chi connectivity index (χ2n) is 8.78. The number of amides is 2. The molecule has 1 aliphatic carbocycles. The summed E-state index contributed by atoms with van der Waals surface area (Å²) in [5, 5.41) is 20.2. The van der Waals surface area contributed by atoms with Crippen molar-refractivity contribution in [1.29, 1.82) is 0 Å². The molecule has 0 spiro atoms. The van der Waals surface area contributed by atoms with Gasteiger partial charge in [0.1, 0.15) is 10.1 Å². The first-order valence-corrected chi connectivity index (χ1v) is 10.5. The molecule has 0 radical (unpaired) electrons. The quantitative estimate of drug-likeness (QED) is 0.599. The number of fused-ring (bicyclic) bond motifs is 1. The smallest absolute Gasteiger partial charge is 0.413 e. The second kappa shape index (κ2) is 7.93. The molecule has 2 aromatic heterocycles. The van der Waals surface area contributed by atoms with Gasteiger partial charge in [-0.2, -0.15) is 4.52 Å². The highest BCUT2D eigenvalue weighted by Gasteiger charge is 2.31. The van der Waals surface area contributed by atoms with Crippen molar-refractivity contribution in [2.24, 2.45) is 5.92 Å². The van der Waals surface area contributed by atoms with Gasteiger partial charge in [0, 0.05) is 12.6 Å². The fourth-order valence-corrected chi connectivity index (χ4v) is 3.46. The molecule has 0 unspecified atom stereocenters. The molecule has 11 heteroatoms. The van der Waals surface area contributed by atoms with Crippen molar-refractivity contribution in [2.45, 2.75) is 65.6 Å². The summed E-state index contributed by atoms with van der Waals surface area (Å²) in [4.78, 5) is 37.8. The topological polar surface area (TPSA) is 127 Å². The van der Waals surface area contributed by atoms with Crippen LogP contribution in [0.5, 0.6) is 5.88 Å². The first-order chi connectivity index (χ1) is 13.9. The number of carbonyl (C=O) groups is 2. The Bertz CT molecular complexity index is 1060. The van der Waals surface area contributed by atoms with Crippen molar-refractivity contribution < 1.29 is 19.4 Å². The van der Waals surface area contributed by atoms with Crippen LogP contribution < -0.4 is 16.2 Å². The zero-order valence-electron chi connectivity index (χ0n) is 17.6. The number of rotatable bonds is 5. The molecule has 1 saturated carbocycles. The van der Waals surface area contributed by atoms with E-state index in [0.717, 1.165) is 17.4 Å². The molecule has 30 heavy (non-hydrogen) atoms. The van der Waals surface area contributed by atoms with Crippen molar-refractivity contribution in [3.05, 3.63) is 20.4 Å². The van der Waals surface area contributed by atoms with Crippen molar-refractivity contribution in [3.63, 3.8) is 0 Å². The standard InChI is InChI=1S/C19H26BrN5O5/c1-9(2)8-24-15-12(20)13(22-18(29)30-19(3,4)5)23-25(15)17(28)11(16(24)27)14(26)21-10-6-7-10/h9-10,27H,6-8H2,1-5H3,(H,21,26)(H,22,23,29). The average Bonchev–Trinajstić information content (AvgIpc) is 3.34. The van der Waals surface area contributed by atoms with E-state index in [1.165, 1.54) is 4.57 Å². The van der Waals surface area contributed by atoms with Gasteiger partial charge >= 0.3 is 6.09 Å². The molecule has 3 N–H and O–H groups in total. The number of nitrogens with one attached hydrogen (secondary N) is 2. The monoisotopic (exact) mass is 483 g/mol. The lowest BCUT2D eigenvalue weighted by atomic mass is 10.2. The molecule has 0 aromatic carbocycles. The maximum Gasteiger partial charge on any atom is 0.413 e. The Morgan fingerprint density at radius 3 is 2.50 bits per heavy atom. The number of aromatic nitrogens is 3. The molecule has 0 aliphatic heterocycles. The molecule has 164 valence electrons. The molecule has 2 amide bonds. The van der Waals surface area contributed by atoms with Gasteiger partial charge in [0.2, 0.25) is 5.88 Å². The van der Waals surface area contributed by atoms with Crippen LogP contribution in [0, 0.1) is 5.92 Å². The number of nitrogens with zero attached hydrogens (tertiary/aromatic N) is 3. The second-order valence-corrected chi connectivity index (χ2v) is 9.57. The van der Waals surface area contributed by atoms with Gasteiger partial charge in [-0.05, 0) is 55.5 Å². The summed E-state index contributed by atoms with van der Waals surface area (Å²) in [6.45, 7) is 9.35. The van der Waals surface area contributed by atoms with Crippen molar-refractivity contribution >= 4 is 39.4 Å². The maximum atomic E-state index is 13.0. The lowest BCUT2D eigenvalue weighted by Gasteiger charge is -2.19. The van der Waals surface area contributed by atoms with Crippen LogP contribution in [0.4, 0.5) is 10.6 Å². The largest absolute Gasteiger partial charge is 0.494 e. The summed E-state index contributed by atoms with van der Waals surface area (Å²) in [5.41, 5.74) is -1.66. The van der Waals surface area contributed by atoms with E-state index in [4.69, 9.17) is 4.74 Å². The number of anilines is 1. The van der Waals surface area contributed by atoms with E-state index >= 15 is 0 Å². The molecule has 10 nitrogen and oxygen atoms in total. The highest BCUT2D eigenvalue weighted by Crippen LogP contribution is 2.31. The van der Waals surface area contributed by atoms with E-state index in [0.29, 0.717) is 6.54 Å². The van der Waals surface area contributed by atoms with Crippen LogP contribution in [0.1, 0.15) is 57.8 Å². The minimum Gasteiger partial charge on any atom is -0.494 e. The molecule has 0 saturated heterocycles. The third kappa shape index (κ3) is 4.61. The molecule has 1 fully saturated rings. The van der Waals surface area contributed by atoms with Crippen molar-refractivity contribution in [2.75, 3.05) is 5.32 Å².